The fourth-order valence-electron chi connectivity index (χ4n) is 3.27. The van der Waals surface area contributed by atoms with Gasteiger partial charge in [-0.3, -0.25) is 19.3 Å². The summed E-state index contributed by atoms with van der Waals surface area (Å²) in [5.41, 5.74) is -1.04. The van der Waals surface area contributed by atoms with Crippen LogP contribution in [0.1, 0.15) is 47.0 Å². The fourth-order valence-corrected chi connectivity index (χ4v) is 3.27. The van der Waals surface area contributed by atoms with Crippen LogP contribution < -0.4 is 5.32 Å². The minimum Gasteiger partial charge on any atom is -0.454 e. The molecule has 0 radical (unpaired) electrons. The first-order valence-electron chi connectivity index (χ1n) is 8.24. The Kier molecular flexibility index (Phi) is 5.15. The van der Waals surface area contributed by atoms with Crippen LogP contribution in [0.4, 0.5) is 4.79 Å². The number of esters is 1. The number of hydrogen-bond acceptors (Lipinski definition) is 5. The number of carbonyl (C=O) groups excluding carboxylic acids is 4. The number of urea groups is 1. The molecule has 2 heterocycles. The van der Waals surface area contributed by atoms with Gasteiger partial charge in [0.2, 0.25) is 0 Å². The van der Waals surface area contributed by atoms with Crippen molar-refractivity contribution in [3.8, 4) is 0 Å². The van der Waals surface area contributed by atoms with Crippen molar-refractivity contribution in [1.82, 2.24) is 15.1 Å². The zero-order chi connectivity index (χ0) is 18.1. The highest BCUT2D eigenvalue weighted by atomic mass is 16.5. The minimum atomic E-state index is -1.04. The van der Waals surface area contributed by atoms with Crippen molar-refractivity contribution < 1.29 is 23.9 Å². The first-order valence-corrected chi connectivity index (χ1v) is 8.24. The van der Waals surface area contributed by atoms with Crippen molar-refractivity contribution in [1.29, 1.82) is 0 Å². The number of piperidine rings is 1. The zero-order valence-corrected chi connectivity index (χ0v) is 14.6. The molecule has 4 amide bonds. The van der Waals surface area contributed by atoms with Crippen molar-refractivity contribution in [2.24, 2.45) is 0 Å². The fraction of sp³-hybridized carbons (Fsp3) is 0.750. The number of nitrogens with zero attached hydrogens (tertiary/aromatic N) is 2. The Morgan fingerprint density at radius 2 is 1.79 bits per heavy atom. The molecular formula is C16H25N3O5. The highest BCUT2D eigenvalue weighted by molar-refractivity contribution is 6.08. The molecule has 0 saturated carbocycles. The predicted octanol–water partition coefficient (Wildman–Crippen LogP) is 0.650. The van der Waals surface area contributed by atoms with Crippen LogP contribution in [-0.4, -0.2) is 64.4 Å². The summed E-state index contributed by atoms with van der Waals surface area (Å²) >= 11 is 0. The number of carbonyl (C=O) groups is 4. The van der Waals surface area contributed by atoms with Crippen LogP contribution in [0.5, 0.6) is 0 Å². The molecule has 8 nitrogen and oxygen atoms in total. The van der Waals surface area contributed by atoms with Gasteiger partial charge in [-0.25, -0.2) is 4.79 Å². The summed E-state index contributed by atoms with van der Waals surface area (Å²) in [6.07, 6.45) is 2.94. The zero-order valence-electron chi connectivity index (χ0n) is 14.6. The first kappa shape index (κ1) is 18.2. The molecule has 0 bridgehead atoms. The van der Waals surface area contributed by atoms with Crippen molar-refractivity contribution in [3.05, 3.63) is 0 Å². The number of ether oxygens (including phenoxy) is 1. The lowest BCUT2D eigenvalue weighted by atomic mass is 9.97. The van der Waals surface area contributed by atoms with Gasteiger partial charge in [0.1, 0.15) is 12.1 Å². The van der Waals surface area contributed by atoms with Gasteiger partial charge in [-0.1, -0.05) is 0 Å². The van der Waals surface area contributed by atoms with Crippen LogP contribution in [0.3, 0.4) is 0 Å². The maximum absolute atomic E-state index is 12.3. The lowest BCUT2D eigenvalue weighted by molar-refractivity contribution is -0.156. The molecule has 0 aromatic heterocycles. The summed E-state index contributed by atoms with van der Waals surface area (Å²) < 4.78 is 4.98. The molecule has 2 saturated heterocycles. The van der Waals surface area contributed by atoms with Crippen LogP contribution in [0.2, 0.25) is 0 Å². The molecule has 0 spiro atoms. The molecule has 2 aliphatic heterocycles. The average Bonchev–Trinajstić information content (AvgIpc) is 2.67. The smallest absolute Gasteiger partial charge is 0.326 e. The Bertz CT molecular complexity index is 550. The summed E-state index contributed by atoms with van der Waals surface area (Å²) in [5, 5.41) is 2.48. The number of amides is 4. The third kappa shape index (κ3) is 3.68. The SMILES string of the molecule is C[C@@H]1CCC[C@H](C)N1C(=O)COC(=O)CN1C(=O)NC(C)(C)C1=O. The van der Waals surface area contributed by atoms with E-state index in [1.165, 1.54) is 0 Å². The molecule has 134 valence electrons. The van der Waals surface area contributed by atoms with Gasteiger partial charge in [0.15, 0.2) is 6.61 Å². The predicted molar refractivity (Wildman–Crippen MR) is 84.9 cm³/mol. The monoisotopic (exact) mass is 339 g/mol. The van der Waals surface area contributed by atoms with Crippen LogP contribution in [-0.2, 0) is 19.1 Å². The number of hydrogen-bond donors (Lipinski definition) is 1. The van der Waals surface area contributed by atoms with E-state index < -0.39 is 30.0 Å². The van der Waals surface area contributed by atoms with E-state index in [0.29, 0.717) is 0 Å². The highest BCUT2D eigenvalue weighted by Crippen LogP contribution is 2.22. The normalized spacial score (nSPS) is 26.3. The summed E-state index contributed by atoms with van der Waals surface area (Å²) in [7, 11) is 0. The van der Waals surface area contributed by atoms with Gasteiger partial charge in [-0.2, -0.15) is 0 Å². The van der Waals surface area contributed by atoms with E-state index in [9.17, 15) is 19.2 Å². The van der Waals surface area contributed by atoms with Gasteiger partial charge in [0.25, 0.3) is 11.8 Å². The van der Waals surface area contributed by atoms with Gasteiger partial charge in [0.05, 0.1) is 0 Å². The third-order valence-corrected chi connectivity index (χ3v) is 4.57. The van der Waals surface area contributed by atoms with Crippen LogP contribution in [0.25, 0.3) is 0 Å². The van der Waals surface area contributed by atoms with E-state index in [-0.39, 0.29) is 24.6 Å². The average molecular weight is 339 g/mol. The van der Waals surface area contributed by atoms with E-state index in [2.05, 4.69) is 5.32 Å². The van der Waals surface area contributed by atoms with Crippen LogP contribution in [0, 0.1) is 0 Å². The van der Waals surface area contributed by atoms with Gasteiger partial charge >= 0.3 is 12.0 Å². The summed E-state index contributed by atoms with van der Waals surface area (Å²) in [4.78, 5) is 50.4. The second-order valence-corrected chi connectivity index (χ2v) is 7.04. The Morgan fingerprint density at radius 1 is 1.21 bits per heavy atom. The Hall–Kier alpha value is -2.12. The standard InChI is InChI=1S/C16H25N3O5/c1-10-6-5-7-11(2)19(10)12(20)9-24-13(21)8-18-14(22)16(3,4)17-15(18)23/h10-11H,5-9H2,1-4H3,(H,17,23)/t10-,11+. The first-order chi connectivity index (χ1) is 11.1. The molecule has 0 aromatic rings. The molecule has 2 aliphatic rings. The molecule has 24 heavy (non-hydrogen) atoms. The molecule has 2 fully saturated rings. The quantitative estimate of drug-likeness (QED) is 0.599. The number of imide groups is 1. The molecule has 0 unspecified atom stereocenters. The van der Waals surface area contributed by atoms with E-state index >= 15 is 0 Å². The Balaban J connectivity index is 1.86. The maximum atomic E-state index is 12.3. The molecule has 2 atom stereocenters. The van der Waals surface area contributed by atoms with E-state index in [4.69, 9.17) is 4.74 Å². The maximum Gasteiger partial charge on any atom is 0.326 e. The van der Waals surface area contributed by atoms with Gasteiger partial charge < -0.3 is 15.0 Å². The van der Waals surface area contributed by atoms with E-state index in [0.717, 1.165) is 24.2 Å². The van der Waals surface area contributed by atoms with E-state index in [1.54, 1.807) is 18.7 Å². The Labute approximate surface area is 141 Å². The number of likely N-dealkylation sites (tertiary alicyclic amines) is 1. The number of nitrogens with one attached hydrogen (secondary N) is 1. The molecule has 8 heteroatoms. The van der Waals surface area contributed by atoms with Gasteiger partial charge in [-0.05, 0) is 47.0 Å². The van der Waals surface area contributed by atoms with Crippen LogP contribution >= 0.6 is 0 Å². The van der Waals surface area contributed by atoms with Gasteiger partial charge in [-0.15, -0.1) is 0 Å². The minimum absolute atomic E-state index is 0.117. The summed E-state index contributed by atoms with van der Waals surface area (Å²) in [5.74, 6) is -1.52. The molecular weight excluding hydrogens is 314 g/mol. The Morgan fingerprint density at radius 3 is 2.29 bits per heavy atom. The second kappa shape index (κ2) is 6.78. The topological polar surface area (TPSA) is 96.0 Å². The van der Waals surface area contributed by atoms with Crippen molar-refractivity contribution >= 4 is 23.8 Å². The third-order valence-electron chi connectivity index (χ3n) is 4.57. The molecule has 1 N–H and O–H groups in total. The van der Waals surface area contributed by atoms with Crippen LogP contribution in [0.15, 0.2) is 0 Å². The lowest BCUT2D eigenvalue weighted by Crippen LogP contribution is -2.49. The van der Waals surface area contributed by atoms with Crippen molar-refractivity contribution in [3.63, 3.8) is 0 Å². The second-order valence-electron chi connectivity index (χ2n) is 7.04. The molecule has 0 aromatic carbocycles. The summed E-state index contributed by atoms with van der Waals surface area (Å²) in [6.45, 7) is 6.20. The number of rotatable bonds is 4. The van der Waals surface area contributed by atoms with Gasteiger partial charge in [0, 0.05) is 12.1 Å². The largest absolute Gasteiger partial charge is 0.454 e. The van der Waals surface area contributed by atoms with Crippen molar-refractivity contribution in [2.45, 2.75) is 64.6 Å². The summed E-state index contributed by atoms with van der Waals surface area (Å²) in [6, 6.07) is -0.398. The van der Waals surface area contributed by atoms with E-state index in [1.807, 2.05) is 13.8 Å². The van der Waals surface area contributed by atoms with Crippen molar-refractivity contribution in [2.75, 3.05) is 13.2 Å². The molecule has 0 aliphatic carbocycles. The molecule has 2 rings (SSSR count). The highest BCUT2D eigenvalue weighted by Gasteiger charge is 2.45. The lowest BCUT2D eigenvalue weighted by Gasteiger charge is -2.38.